The van der Waals surface area contributed by atoms with E-state index in [0.717, 1.165) is 5.92 Å². The summed E-state index contributed by atoms with van der Waals surface area (Å²) in [4.78, 5) is 17.5. The number of ether oxygens (including phenoxy) is 1. The highest BCUT2D eigenvalue weighted by atomic mass is 16.5. The van der Waals surface area contributed by atoms with Crippen LogP contribution in [-0.2, 0) is 9.53 Å². The molecule has 5 unspecified atom stereocenters. The third-order valence-corrected chi connectivity index (χ3v) is 5.78. The van der Waals surface area contributed by atoms with E-state index in [1.807, 2.05) is 6.92 Å². The predicted molar refractivity (Wildman–Crippen MR) is 85.6 cm³/mol. The summed E-state index contributed by atoms with van der Waals surface area (Å²) in [5, 5.41) is 3.72. The Hall–Kier alpha value is -1.42. The first kappa shape index (κ1) is 14.2. The Bertz CT molecular complexity index is 592. The Morgan fingerprint density at radius 1 is 1.41 bits per heavy atom. The van der Waals surface area contributed by atoms with Gasteiger partial charge in [0.05, 0.1) is 11.7 Å². The minimum Gasteiger partial charge on any atom is -0.497 e. The number of rotatable bonds is 1. The number of nitrogens with one attached hydrogen (secondary N) is 1. The Labute approximate surface area is 131 Å². The zero-order valence-corrected chi connectivity index (χ0v) is 13.3. The summed E-state index contributed by atoms with van der Waals surface area (Å²) < 4.78 is 5.63. The highest BCUT2D eigenvalue weighted by Gasteiger charge is 2.49. The summed E-state index contributed by atoms with van der Waals surface area (Å²) in [5.74, 6) is 1.86. The van der Waals surface area contributed by atoms with Gasteiger partial charge in [-0.25, -0.2) is 0 Å². The van der Waals surface area contributed by atoms with E-state index in [1.165, 1.54) is 31.4 Å². The fraction of sp³-hybridized carbons (Fsp3) is 0.667. The lowest BCUT2D eigenvalue weighted by atomic mass is 9.67. The van der Waals surface area contributed by atoms with Gasteiger partial charge in [0.2, 0.25) is 0 Å². The average Bonchev–Trinajstić information content (AvgIpc) is 2.47. The van der Waals surface area contributed by atoms with Gasteiger partial charge in [-0.2, -0.15) is 0 Å². The van der Waals surface area contributed by atoms with E-state index in [0.29, 0.717) is 24.3 Å². The normalized spacial score (nSPS) is 43.8. The monoisotopic (exact) mass is 300 g/mol. The molecular formula is C18H24N2O2. The van der Waals surface area contributed by atoms with Crippen molar-refractivity contribution in [3.05, 3.63) is 24.0 Å². The van der Waals surface area contributed by atoms with Crippen LogP contribution in [0.15, 0.2) is 29.0 Å². The van der Waals surface area contributed by atoms with Gasteiger partial charge in [-0.05, 0) is 45.1 Å². The maximum atomic E-state index is 12.5. The molecule has 2 aliphatic carbocycles. The summed E-state index contributed by atoms with van der Waals surface area (Å²) in [5.41, 5.74) is 0.648. The van der Waals surface area contributed by atoms with E-state index in [4.69, 9.17) is 9.73 Å². The van der Waals surface area contributed by atoms with Crippen molar-refractivity contribution >= 4 is 11.5 Å². The maximum Gasteiger partial charge on any atom is 0.169 e. The summed E-state index contributed by atoms with van der Waals surface area (Å²) in [6.45, 7) is 4.32. The van der Waals surface area contributed by atoms with Crippen molar-refractivity contribution in [3.63, 3.8) is 0 Å². The van der Waals surface area contributed by atoms with Gasteiger partial charge in [-0.15, -0.1) is 0 Å². The fourth-order valence-corrected chi connectivity index (χ4v) is 4.68. The Morgan fingerprint density at radius 2 is 2.27 bits per heavy atom. The van der Waals surface area contributed by atoms with Crippen LogP contribution in [0.1, 0.15) is 39.5 Å². The van der Waals surface area contributed by atoms with Crippen LogP contribution in [0.4, 0.5) is 0 Å². The van der Waals surface area contributed by atoms with Crippen molar-refractivity contribution in [1.82, 2.24) is 5.32 Å². The molecule has 0 aromatic rings. The molecule has 118 valence electrons. The van der Waals surface area contributed by atoms with Gasteiger partial charge >= 0.3 is 0 Å². The smallest absolute Gasteiger partial charge is 0.169 e. The molecule has 2 aliphatic heterocycles. The molecule has 4 nitrogen and oxygen atoms in total. The molecule has 0 aromatic carbocycles. The summed E-state index contributed by atoms with van der Waals surface area (Å²) in [6, 6.07) is 0.445. The molecule has 2 heterocycles. The number of ketones is 1. The standard InChI is InChI=1S/C18H24N2O2/c1-11-9-16(21)13(10-22-11)18(2)19-14-7-3-5-12-6-4-8-15(20-18)17(12)14/h3,7,9,12-13,15,17,20H,4-6,8,10H2,1-2H3. The van der Waals surface area contributed by atoms with Crippen LogP contribution in [0.2, 0.25) is 0 Å². The molecule has 0 radical (unpaired) electrons. The number of aliphatic imine (C=N–C) groups is 1. The molecular weight excluding hydrogens is 276 g/mol. The van der Waals surface area contributed by atoms with E-state index in [2.05, 4.69) is 24.4 Å². The van der Waals surface area contributed by atoms with Crippen LogP contribution >= 0.6 is 0 Å². The number of allylic oxidation sites excluding steroid dienone is 4. The van der Waals surface area contributed by atoms with Crippen LogP contribution in [-0.4, -0.2) is 29.8 Å². The SMILES string of the molecule is CC1=CC(=O)C(C2(C)N=C3C=CCC4CCCC(N2)C34)CO1. The average molecular weight is 300 g/mol. The molecule has 22 heavy (non-hydrogen) atoms. The molecule has 0 saturated heterocycles. The van der Waals surface area contributed by atoms with Gasteiger partial charge in [0.15, 0.2) is 5.78 Å². The number of hydrogen-bond acceptors (Lipinski definition) is 4. The zero-order chi connectivity index (χ0) is 15.3. The van der Waals surface area contributed by atoms with E-state index in [-0.39, 0.29) is 11.7 Å². The molecule has 0 bridgehead atoms. The molecule has 0 amide bonds. The second kappa shape index (κ2) is 5.05. The molecule has 0 spiro atoms. The fourth-order valence-electron chi connectivity index (χ4n) is 4.68. The molecule has 5 atom stereocenters. The molecule has 1 N–H and O–H groups in total. The third-order valence-electron chi connectivity index (χ3n) is 5.78. The summed E-state index contributed by atoms with van der Waals surface area (Å²) in [6.07, 6.45) is 11.0. The first-order valence-corrected chi connectivity index (χ1v) is 8.46. The van der Waals surface area contributed by atoms with Crippen molar-refractivity contribution in [2.45, 2.75) is 51.2 Å². The Balaban J connectivity index is 1.71. The van der Waals surface area contributed by atoms with Gasteiger partial charge in [0.1, 0.15) is 12.3 Å². The lowest BCUT2D eigenvalue weighted by Crippen LogP contribution is -2.63. The van der Waals surface area contributed by atoms with Gasteiger partial charge in [-0.1, -0.05) is 12.5 Å². The molecule has 4 aliphatic rings. The molecule has 1 saturated carbocycles. The van der Waals surface area contributed by atoms with Gasteiger partial charge in [0, 0.05) is 23.7 Å². The van der Waals surface area contributed by atoms with E-state index < -0.39 is 5.66 Å². The van der Waals surface area contributed by atoms with Crippen molar-refractivity contribution in [1.29, 1.82) is 0 Å². The topological polar surface area (TPSA) is 50.7 Å². The van der Waals surface area contributed by atoms with Crippen LogP contribution in [0, 0.1) is 17.8 Å². The lowest BCUT2D eigenvalue weighted by Gasteiger charge is -2.50. The quantitative estimate of drug-likeness (QED) is 0.810. The van der Waals surface area contributed by atoms with Crippen LogP contribution in [0.25, 0.3) is 0 Å². The molecule has 1 fully saturated rings. The minimum atomic E-state index is -0.547. The number of carbonyl (C=O) groups excluding carboxylic acids is 1. The van der Waals surface area contributed by atoms with Crippen molar-refractivity contribution < 1.29 is 9.53 Å². The highest BCUT2D eigenvalue weighted by molar-refractivity contribution is 6.00. The second-order valence-corrected chi connectivity index (χ2v) is 7.31. The van der Waals surface area contributed by atoms with Crippen molar-refractivity contribution in [3.8, 4) is 0 Å². The van der Waals surface area contributed by atoms with E-state index in [1.54, 1.807) is 6.08 Å². The Morgan fingerprint density at radius 3 is 3.09 bits per heavy atom. The van der Waals surface area contributed by atoms with Gasteiger partial charge in [0.25, 0.3) is 0 Å². The van der Waals surface area contributed by atoms with Gasteiger partial charge in [-0.3, -0.25) is 15.1 Å². The van der Waals surface area contributed by atoms with E-state index in [9.17, 15) is 4.79 Å². The maximum absolute atomic E-state index is 12.5. The summed E-state index contributed by atoms with van der Waals surface area (Å²) >= 11 is 0. The number of nitrogens with zero attached hydrogens (tertiary/aromatic N) is 1. The van der Waals surface area contributed by atoms with Gasteiger partial charge < -0.3 is 4.74 Å². The zero-order valence-electron chi connectivity index (χ0n) is 13.3. The largest absolute Gasteiger partial charge is 0.497 e. The minimum absolute atomic E-state index is 0.133. The number of hydrogen-bond donors (Lipinski definition) is 1. The highest BCUT2D eigenvalue weighted by Crippen LogP contribution is 2.42. The molecule has 0 aromatic heterocycles. The number of carbonyl (C=O) groups is 1. The van der Waals surface area contributed by atoms with Crippen LogP contribution < -0.4 is 5.32 Å². The van der Waals surface area contributed by atoms with Crippen LogP contribution in [0.3, 0.4) is 0 Å². The predicted octanol–water partition coefficient (Wildman–Crippen LogP) is 2.61. The second-order valence-electron chi connectivity index (χ2n) is 7.31. The van der Waals surface area contributed by atoms with Crippen LogP contribution in [0.5, 0.6) is 0 Å². The summed E-state index contributed by atoms with van der Waals surface area (Å²) in [7, 11) is 0. The lowest BCUT2D eigenvalue weighted by molar-refractivity contribution is -0.124. The van der Waals surface area contributed by atoms with Crippen molar-refractivity contribution in [2.24, 2.45) is 22.7 Å². The molecule has 4 heteroatoms. The molecule has 4 rings (SSSR count). The first-order chi connectivity index (χ1) is 10.6. The van der Waals surface area contributed by atoms with Crippen molar-refractivity contribution in [2.75, 3.05) is 6.61 Å². The third kappa shape index (κ3) is 2.16. The Kier molecular flexibility index (Phi) is 3.26. The van der Waals surface area contributed by atoms with E-state index >= 15 is 0 Å². The first-order valence-electron chi connectivity index (χ1n) is 8.46.